The summed E-state index contributed by atoms with van der Waals surface area (Å²) in [6.45, 7) is 6.48. The molecule has 0 heterocycles. The van der Waals surface area contributed by atoms with E-state index in [-0.39, 0.29) is 17.0 Å². The number of nitrogens with two attached hydrogens (primary N) is 1. The van der Waals surface area contributed by atoms with E-state index in [9.17, 15) is 0 Å². The summed E-state index contributed by atoms with van der Waals surface area (Å²) in [4.78, 5) is 0. The first kappa shape index (κ1) is 17.2. The number of nitriles is 1. The fraction of sp³-hybridized carbons (Fsp3) is 0.211. The van der Waals surface area contributed by atoms with Crippen LogP contribution in [0.5, 0.6) is 0 Å². The number of hydrogen-bond donors (Lipinski definition) is 3. The SMILES string of the molecule is CC(C)(C)c1ccc(N/N=C(\C#N)C(=N)N)c(-c2ccccc2)c1. The molecule has 0 radical (unpaired) electrons. The van der Waals surface area contributed by atoms with Gasteiger partial charge in [-0.1, -0.05) is 57.2 Å². The van der Waals surface area contributed by atoms with E-state index >= 15 is 0 Å². The molecule has 122 valence electrons. The van der Waals surface area contributed by atoms with E-state index in [1.807, 2.05) is 42.5 Å². The summed E-state index contributed by atoms with van der Waals surface area (Å²) in [6, 6.07) is 17.8. The first-order valence-electron chi connectivity index (χ1n) is 7.61. The topological polar surface area (TPSA) is 98.0 Å². The average Bonchev–Trinajstić information content (AvgIpc) is 2.55. The normalized spacial score (nSPS) is 11.7. The van der Waals surface area contributed by atoms with Crippen molar-refractivity contribution in [2.75, 3.05) is 5.43 Å². The zero-order valence-electron chi connectivity index (χ0n) is 14.1. The van der Waals surface area contributed by atoms with Crippen LogP contribution < -0.4 is 11.2 Å². The number of rotatable bonds is 4. The van der Waals surface area contributed by atoms with E-state index in [1.54, 1.807) is 6.07 Å². The van der Waals surface area contributed by atoms with Crippen molar-refractivity contribution in [1.82, 2.24) is 0 Å². The third kappa shape index (κ3) is 3.99. The Morgan fingerprint density at radius 1 is 1.17 bits per heavy atom. The van der Waals surface area contributed by atoms with Crippen LogP contribution >= 0.6 is 0 Å². The number of nitrogens with one attached hydrogen (secondary N) is 2. The van der Waals surface area contributed by atoms with Crippen molar-refractivity contribution in [2.24, 2.45) is 10.8 Å². The molecule has 4 N–H and O–H groups in total. The van der Waals surface area contributed by atoms with Crippen molar-refractivity contribution in [2.45, 2.75) is 26.2 Å². The van der Waals surface area contributed by atoms with E-state index in [0.29, 0.717) is 0 Å². The van der Waals surface area contributed by atoms with Crippen LogP contribution in [0.1, 0.15) is 26.3 Å². The standard InChI is InChI=1S/C19H21N5/c1-19(2,3)14-9-10-16(23-24-17(12-20)18(21)22)15(11-14)13-7-5-4-6-8-13/h4-11,23H,1-3H3,(H3,21,22)/b24-17+. The monoisotopic (exact) mass is 319 g/mol. The van der Waals surface area contributed by atoms with Crippen LogP contribution in [0, 0.1) is 16.7 Å². The Hall–Kier alpha value is -3.13. The van der Waals surface area contributed by atoms with E-state index in [2.05, 4.69) is 37.4 Å². The summed E-state index contributed by atoms with van der Waals surface area (Å²) in [5.74, 6) is -0.363. The van der Waals surface area contributed by atoms with Crippen LogP contribution in [0.3, 0.4) is 0 Å². The molecule has 2 aromatic rings. The number of nitrogens with zero attached hydrogens (tertiary/aromatic N) is 2. The third-order valence-electron chi connectivity index (χ3n) is 3.62. The molecule has 0 aromatic heterocycles. The van der Waals surface area contributed by atoms with E-state index in [0.717, 1.165) is 16.8 Å². The molecule has 0 aliphatic rings. The molecular weight excluding hydrogens is 298 g/mol. The number of anilines is 1. The summed E-state index contributed by atoms with van der Waals surface area (Å²) in [5, 5.41) is 20.3. The minimum atomic E-state index is -0.363. The minimum Gasteiger partial charge on any atom is -0.382 e. The average molecular weight is 319 g/mol. The maximum absolute atomic E-state index is 8.97. The largest absolute Gasteiger partial charge is 0.382 e. The first-order chi connectivity index (χ1) is 11.3. The summed E-state index contributed by atoms with van der Waals surface area (Å²) in [6.07, 6.45) is 0. The maximum atomic E-state index is 8.97. The van der Waals surface area contributed by atoms with E-state index in [4.69, 9.17) is 16.4 Å². The van der Waals surface area contributed by atoms with Crippen molar-refractivity contribution in [3.8, 4) is 17.2 Å². The van der Waals surface area contributed by atoms with Gasteiger partial charge in [-0.25, -0.2) is 0 Å². The highest BCUT2D eigenvalue weighted by atomic mass is 15.3. The highest BCUT2D eigenvalue weighted by Crippen LogP contribution is 2.33. The Morgan fingerprint density at radius 2 is 1.83 bits per heavy atom. The quantitative estimate of drug-likeness (QED) is 0.453. The van der Waals surface area contributed by atoms with Gasteiger partial charge in [0.25, 0.3) is 0 Å². The van der Waals surface area contributed by atoms with Crippen molar-refractivity contribution >= 4 is 17.2 Å². The first-order valence-corrected chi connectivity index (χ1v) is 7.61. The highest BCUT2D eigenvalue weighted by molar-refractivity contribution is 6.45. The smallest absolute Gasteiger partial charge is 0.201 e. The summed E-state index contributed by atoms with van der Waals surface area (Å²) in [7, 11) is 0. The molecule has 0 saturated heterocycles. The summed E-state index contributed by atoms with van der Waals surface area (Å²) in [5.41, 5.74) is 12.0. The molecule has 5 heteroatoms. The summed E-state index contributed by atoms with van der Waals surface area (Å²) < 4.78 is 0. The van der Waals surface area contributed by atoms with Gasteiger partial charge in [-0.3, -0.25) is 10.8 Å². The molecule has 2 rings (SSSR count). The molecule has 24 heavy (non-hydrogen) atoms. The highest BCUT2D eigenvalue weighted by Gasteiger charge is 2.16. The number of hydrogen-bond acceptors (Lipinski definition) is 4. The number of hydrazone groups is 1. The van der Waals surface area contributed by atoms with Crippen molar-refractivity contribution in [1.29, 1.82) is 10.7 Å². The number of benzene rings is 2. The second kappa shape index (κ2) is 6.97. The van der Waals surface area contributed by atoms with E-state index in [1.165, 1.54) is 5.56 Å². The Bertz CT molecular complexity index is 808. The fourth-order valence-corrected chi connectivity index (χ4v) is 2.23. The Kier molecular flexibility index (Phi) is 5.00. The van der Waals surface area contributed by atoms with Gasteiger partial charge in [-0.05, 0) is 28.7 Å². The molecule has 0 atom stereocenters. The molecular formula is C19H21N5. The van der Waals surface area contributed by atoms with Crippen LogP contribution in [-0.4, -0.2) is 11.5 Å². The lowest BCUT2D eigenvalue weighted by Gasteiger charge is -2.21. The van der Waals surface area contributed by atoms with Gasteiger partial charge in [0.2, 0.25) is 5.71 Å². The van der Waals surface area contributed by atoms with Crippen molar-refractivity contribution in [3.63, 3.8) is 0 Å². The van der Waals surface area contributed by atoms with Gasteiger partial charge < -0.3 is 5.73 Å². The lowest BCUT2D eigenvalue weighted by Crippen LogP contribution is -2.22. The molecule has 2 aromatic carbocycles. The Labute approximate surface area is 142 Å². The molecule has 0 bridgehead atoms. The Balaban J connectivity index is 2.52. The van der Waals surface area contributed by atoms with Gasteiger partial charge in [0, 0.05) is 5.56 Å². The maximum Gasteiger partial charge on any atom is 0.201 e. The fourth-order valence-electron chi connectivity index (χ4n) is 2.23. The lowest BCUT2D eigenvalue weighted by atomic mass is 9.85. The molecule has 5 nitrogen and oxygen atoms in total. The molecule has 0 spiro atoms. The predicted octanol–water partition coefficient (Wildman–Crippen LogP) is 3.88. The molecule has 0 fully saturated rings. The minimum absolute atomic E-state index is 0.0164. The van der Waals surface area contributed by atoms with Crippen LogP contribution in [0.2, 0.25) is 0 Å². The predicted molar refractivity (Wildman–Crippen MR) is 99.2 cm³/mol. The molecule has 0 unspecified atom stereocenters. The summed E-state index contributed by atoms with van der Waals surface area (Å²) >= 11 is 0. The van der Waals surface area contributed by atoms with Gasteiger partial charge in [-0.2, -0.15) is 10.4 Å². The van der Waals surface area contributed by atoms with Crippen molar-refractivity contribution < 1.29 is 0 Å². The molecule has 0 aliphatic heterocycles. The van der Waals surface area contributed by atoms with Gasteiger partial charge in [0.1, 0.15) is 6.07 Å². The second-order valence-electron chi connectivity index (χ2n) is 6.47. The van der Waals surface area contributed by atoms with Crippen LogP contribution in [0.4, 0.5) is 5.69 Å². The number of amidine groups is 1. The lowest BCUT2D eigenvalue weighted by molar-refractivity contribution is 0.590. The van der Waals surface area contributed by atoms with Crippen LogP contribution in [-0.2, 0) is 5.41 Å². The Morgan fingerprint density at radius 3 is 2.38 bits per heavy atom. The molecule has 0 amide bonds. The van der Waals surface area contributed by atoms with Gasteiger partial charge in [0.05, 0.1) is 5.69 Å². The second-order valence-corrected chi connectivity index (χ2v) is 6.47. The van der Waals surface area contributed by atoms with Crippen molar-refractivity contribution in [3.05, 3.63) is 54.1 Å². The third-order valence-corrected chi connectivity index (χ3v) is 3.62. The molecule has 0 saturated carbocycles. The van der Waals surface area contributed by atoms with Gasteiger partial charge in [0.15, 0.2) is 5.84 Å². The zero-order chi connectivity index (χ0) is 17.7. The van der Waals surface area contributed by atoms with Gasteiger partial charge in [-0.15, -0.1) is 0 Å². The van der Waals surface area contributed by atoms with Crippen LogP contribution in [0.25, 0.3) is 11.1 Å². The van der Waals surface area contributed by atoms with E-state index < -0.39 is 0 Å². The zero-order valence-corrected chi connectivity index (χ0v) is 14.1. The van der Waals surface area contributed by atoms with Crippen LogP contribution in [0.15, 0.2) is 53.6 Å². The van der Waals surface area contributed by atoms with Gasteiger partial charge >= 0.3 is 0 Å². The molecule has 0 aliphatic carbocycles.